The summed E-state index contributed by atoms with van der Waals surface area (Å²) < 4.78 is 1.73. The maximum absolute atomic E-state index is 12.1. The largest absolute Gasteiger partial charge is 0.297 e. The molecule has 20 heavy (non-hydrogen) atoms. The highest BCUT2D eigenvalue weighted by atomic mass is 35.5. The Morgan fingerprint density at radius 2 is 2.35 bits per heavy atom. The zero-order valence-corrected chi connectivity index (χ0v) is 11.9. The van der Waals surface area contributed by atoms with E-state index in [1.165, 1.54) is 0 Å². The number of hydrogen-bond acceptors (Lipinski definition) is 3. The van der Waals surface area contributed by atoms with Crippen molar-refractivity contribution < 1.29 is 4.79 Å². The molecule has 6 heteroatoms. The zero-order valence-electron chi connectivity index (χ0n) is 11.2. The molecule has 1 amide bonds. The van der Waals surface area contributed by atoms with Gasteiger partial charge in [-0.2, -0.15) is 5.10 Å². The molecule has 1 saturated heterocycles. The van der Waals surface area contributed by atoms with Gasteiger partial charge >= 0.3 is 0 Å². The molecule has 0 aliphatic carbocycles. The number of nitrogens with zero attached hydrogens (tertiary/aromatic N) is 4. The Morgan fingerprint density at radius 1 is 1.50 bits per heavy atom. The predicted molar refractivity (Wildman–Crippen MR) is 77.6 cm³/mol. The summed E-state index contributed by atoms with van der Waals surface area (Å²) in [7, 11) is 1.84. The number of aromatic nitrogens is 3. The van der Waals surface area contributed by atoms with Crippen LogP contribution in [0.2, 0.25) is 0 Å². The smallest absolute Gasteiger partial charge is 0.228 e. The van der Waals surface area contributed by atoms with E-state index in [1.807, 2.05) is 25.2 Å². The summed E-state index contributed by atoms with van der Waals surface area (Å²) in [6, 6.07) is 5.74. The van der Waals surface area contributed by atoms with Crippen molar-refractivity contribution in [3.63, 3.8) is 0 Å². The molecule has 1 atom stereocenters. The number of amides is 1. The first-order valence-electron chi connectivity index (χ1n) is 6.50. The van der Waals surface area contributed by atoms with Gasteiger partial charge in [-0.25, -0.2) is 0 Å². The highest BCUT2D eigenvalue weighted by Crippen LogP contribution is 2.28. The normalized spacial score (nSPS) is 18.8. The molecule has 3 rings (SSSR count). The summed E-state index contributed by atoms with van der Waals surface area (Å²) in [6.07, 6.45) is 4.00. The van der Waals surface area contributed by atoms with Gasteiger partial charge in [-0.3, -0.25) is 19.4 Å². The highest BCUT2D eigenvalue weighted by molar-refractivity contribution is 6.18. The fourth-order valence-corrected chi connectivity index (χ4v) is 2.68. The Morgan fingerprint density at radius 3 is 3.00 bits per heavy atom. The maximum Gasteiger partial charge on any atom is 0.228 e. The van der Waals surface area contributed by atoms with Crippen LogP contribution in [0.25, 0.3) is 11.3 Å². The van der Waals surface area contributed by atoms with Gasteiger partial charge in [0.05, 0.1) is 5.69 Å². The Kier molecular flexibility index (Phi) is 3.44. The van der Waals surface area contributed by atoms with Gasteiger partial charge in [0.1, 0.15) is 5.82 Å². The van der Waals surface area contributed by atoms with Gasteiger partial charge in [-0.1, -0.05) is 0 Å². The van der Waals surface area contributed by atoms with Crippen molar-refractivity contribution in [1.82, 2.24) is 14.8 Å². The van der Waals surface area contributed by atoms with Crippen LogP contribution in [-0.4, -0.2) is 33.1 Å². The van der Waals surface area contributed by atoms with Crippen LogP contribution in [-0.2, 0) is 11.8 Å². The summed E-state index contributed by atoms with van der Waals surface area (Å²) in [6.45, 7) is 0.661. The molecule has 5 nitrogen and oxygen atoms in total. The molecule has 0 saturated carbocycles. The summed E-state index contributed by atoms with van der Waals surface area (Å²) in [5.74, 6) is 1.65. The van der Waals surface area contributed by atoms with Crippen LogP contribution >= 0.6 is 11.6 Å². The summed E-state index contributed by atoms with van der Waals surface area (Å²) in [5.41, 5.74) is 1.76. The van der Waals surface area contributed by atoms with E-state index in [9.17, 15) is 4.79 Å². The van der Waals surface area contributed by atoms with Crippen molar-refractivity contribution >= 4 is 23.3 Å². The molecule has 1 unspecified atom stereocenters. The van der Waals surface area contributed by atoms with E-state index < -0.39 is 0 Å². The second-order valence-corrected chi connectivity index (χ2v) is 5.29. The third kappa shape index (κ3) is 2.29. The monoisotopic (exact) mass is 290 g/mol. The average Bonchev–Trinajstić information content (AvgIpc) is 3.02. The molecule has 1 aliphatic heterocycles. The van der Waals surface area contributed by atoms with E-state index in [0.717, 1.165) is 17.1 Å². The van der Waals surface area contributed by atoms with E-state index in [2.05, 4.69) is 10.1 Å². The molecule has 1 aliphatic rings. The number of halogens is 1. The van der Waals surface area contributed by atoms with E-state index in [4.69, 9.17) is 11.6 Å². The van der Waals surface area contributed by atoms with Crippen molar-refractivity contribution in [2.75, 3.05) is 17.3 Å². The summed E-state index contributed by atoms with van der Waals surface area (Å²) >= 11 is 5.86. The molecule has 104 valence electrons. The van der Waals surface area contributed by atoms with Gasteiger partial charge in [0, 0.05) is 49.9 Å². The van der Waals surface area contributed by atoms with E-state index in [1.54, 1.807) is 22.0 Å². The van der Waals surface area contributed by atoms with Crippen molar-refractivity contribution in [3.8, 4) is 11.3 Å². The second-order valence-electron chi connectivity index (χ2n) is 4.98. The van der Waals surface area contributed by atoms with E-state index >= 15 is 0 Å². The van der Waals surface area contributed by atoms with Gasteiger partial charge in [0.25, 0.3) is 0 Å². The van der Waals surface area contributed by atoms with Crippen molar-refractivity contribution in [2.24, 2.45) is 13.0 Å². The molecule has 1 fully saturated rings. The lowest BCUT2D eigenvalue weighted by Crippen LogP contribution is -2.26. The first-order valence-corrected chi connectivity index (χ1v) is 7.03. The molecule has 0 N–H and O–H groups in total. The Bertz CT molecular complexity index is 625. The number of alkyl halides is 1. The van der Waals surface area contributed by atoms with Crippen LogP contribution < -0.4 is 4.90 Å². The maximum atomic E-state index is 12.1. The first kappa shape index (κ1) is 13.1. The number of rotatable bonds is 3. The topological polar surface area (TPSA) is 51.0 Å². The number of carbonyl (C=O) groups is 1. The number of carbonyl (C=O) groups excluding carboxylic acids is 1. The summed E-state index contributed by atoms with van der Waals surface area (Å²) in [5, 5.41) is 4.46. The number of aryl methyl sites for hydroxylation is 1. The molecular formula is C14H15ClN4O. The molecule has 0 spiro atoms. The lowest BCUT2D eigenvalue weighted by atomic mass is 10.1. The first-order chi connectivity index (χ1) is 9.69. The number of hydrogen-bond donors (Lipinski definition) is 0. The fourth-order valence-electron chi connectivity index (χ4n) is 2.47. The van der Waals surface area contributed by atoms with Crippen LogP contribution in [0.4, 0.5) is 5.82 Å². The lowest BCUT2D eigenvalue weighted by molar-refractivity contribution is -0.117. The molecule has 0 radical (unpaired) electrons. The Hall–Kier alpha value is -1.88. The van der Waals surface area contributed by atoms with Crippen molar-refractivity contribution in [1.29, 1.82) is 0 Å². The third-order valence-electron chi connectivity index (χ3n) is 3.51. The minimum atomic E-state index is 0.108. The van der Waals surface area contributed by atoms with Crippen LogP contribution in [0.3, 0.4) is 0 Å². The van der Waals surface area contributed by atoms with Gasteiger partial charge in [0.2, 0.25) is 5.91 Å². The summed E-state index contributed by atoms with van der Waals surface area (Å²) in [4.78, 5) is 17.9. The van der Waals surface area contributed by atoms with E-state index in [0.29, 0.717) is 18.8 Å². The molecule has 2 aromatic heterocycles. The predicted octanol–water partition coefficient (Wildman–Crippen LogP) is 2.07. The van der Waals surface area contributed by atoms with Gasteiger partial charge in [-0.15, -0.1) is 11.6 Å². The van der Waals surface area contributed by atoms with Gasteiger partial charge in [0.15, 0.2) is 0 Å². The molecule has 0 bridgehead atoms. The van der Waals surface area contributed by atoms with Crippen molar-refractivity contribution in [2.45, 2.75) is 6.42 Å². The quantitative estimate of drug-likeness (QED) is 0.813. The Balaban J connectivity index is 1.92. The minimum Gasteiger partial charge on any atom is -0.297 e. The molecule has 2 aromatic rings. The van der Waals surface area contributed by atoms with Crippen LogP contribution in [0.15, 0.2) is 30.6 Å². The second kappa shape index (κ2) is 5.25. The third-order valence-corrected chi connectivity index (χ3v) is 3.95. The average molecular weight is 291 g/mol. The zero-order chi connectivity index (χ0) is 14.1. The van der Waals surface area contributed by atoms with Crippen LogP contribution in [0.5, 0.6) is 0 Å². The minimum absolute atomic E-state index is 0.108. The number of anilines is 1. The van der Waals surface area contributed by atoms with Crippen molar-refractivity contribution in [3.05, 3.63) is 30.6 Å². The van der Waals surface area contributed by atoms with Gasteiger partial charge in [-0.05, 0) is 18.1 Å². The SMILES string of the molecule is Cn1nc(-c2cccnc2)cc1N1CC(CCl)CC1=O. The molecular weight excluding hydrogens is 276 g/mol. The number of pyridine rings is 1. The Labute approximate surface area is 122 Å². The standard InChI is InChI=1S/C14H15ClN4O/c1-18-13(19-9-10(7-15)5-14(19)20)6-12(17-18)11-3-2-4-16-8-11/h2-4,6,8,10H,5,7,9H2,1H3. The van der Waals surface area contributed by atoms with Crippen LogP contribution in [0, 0.1) is 5.92 Å². The van der Waals surface area contributed by atoms with E-state index in [-0.39, 0.29) is 11.8 Å². The lowest BCUT2D eigenvalue weighted by Gasteiger charge is -2.15. The fraction of sp³-hybridized carbons (Fsp3) is 0.357. The highest BCUT2D eigenvalue weighted by Gasteiger charge is 2.31. The van der Waals surface area contributed by atoms with Gasteiger partial charge < -0.3 is 0 Å². The molecule has 0 aromatic carbocycles. The van der Waals surface area contributed by atoms with Crippen LogP contribution in [0.1, 0.15) is 6.42 Å². The molecule has 3 heterocycles.